The molecule has 2 unspecified atom stereocenters. The highest BCUT2D eigenvalue weighted by molar-refractivity contribution is 5.92. The van der Waals surface area contributed by atoms with Crippen LogP contribution >= 0.6 is 0 Å². The molecule has 2 atom stereocenters. The van der Waals surface area contributed by atoms with Crippen LogP contribution in [0.5, 0.6) is 0 Å². The lowest BCUT2D eigenvalue weighted by Crippen LogP contribution is -2.56. The first kappa shape index (κ1) is 12.8. The molecule has 0 bridgehead atoms. The third kappa shape index (κ3) is 2.46. The summed E-state index contributed by atoms with van der Waals surface area (Å²) in [6.45, 7) is 5.75. The fourth-order valence-corrected chi connectivity index (χ4v) is 2.26. The monoisotopic (exact) mass is 248 g/mol. The highest BCUT2D eigenvalue weighted by atomic mass is 16.2. The van der Waals surface area contributed by atoms with E-state index in [0.717, 1.165) is 13.1 Å². The molecule has 1 aromatic rings. The molecule has 1 aliphatic heterocycles. The maximum absolute atomic E-state index is 12.3. The number of nitrogen functional groups attached to an aromatic ring is 1. The van der Waals surface area contributed by atoms with E-state index in [9.17, 15) is 4.79 Å². The van der Waals surface area contributed by atoms with Crippen LogP contribution in [0.1, 0.15) is 24.3 Å². The van der Waals surface area contributed by atoms with Crippen molar-refractivity contribution in [1.82, 2.24) is 14.8 Å². The van der Waals surface area contributed by atoms with Crippen molar-refractivity contribution in [3.8, 4) is 0 Å². The van der Waals surface area contributed by atoms with E-state index in [2.05, 4.69) is 30.8 Å². The summed E-state index contributed by atoms with van der Waals surface area (Å²) in [6, 6.07) is 4.13. The van der Waals surface area contributed by atoms with Gasteiger partial charge in [0.2, 0.25) is 0 Å². The lowest BCUT2D eigenvalue weighted by Gasteiger charge is -2.42. The van der Waals surface area contributed by atoms with E-state index in [-0.39, 0.29) is 5.91 Å². The zero-order chi connectivity index (χ0) is 13.3. The highest BCUT2D eigenvalue weighted by Gasteiger charge is 2.30. The van der Waals surface area contributed by atoms with Crippen molar-refractivity contribution in [3.63, 3.8) is 0 Å². The lowest BCUT2D eigenvalue weighted by molar-refractivity contribution is 0.0409. The Balaban J connectivity index is 2.12. The Morgan fingerprint density at radius 1 is 1.33 bits per heavy atom. The summed E-state index contributed by atoms with van der Waals surface area (Å²) in [5.41, 5.74) is 6.62. The maximum atomic E-state index is 12.3. The molecule has 5 nitrogen and oxygen atoms in total. The second-order valence-electron chi connectivity index (χ2n) is 5.05. The molecule has 5 heteroatoms. The summed E-state index contributed by atoms with van der Waals surface area (Å²) in [5, 5.41) is 0. The number of hydrogen-bond acceptors (Lipinski definition) is 4. The van der Waals surface area contributed by atoms with E-state index in [4.69, 9.17) is 5.73 Å². The van der Waals surface area contributed by atoms with Gasteiger partial charge in [0.05, 0.1) is 11.9 Å². The molecule has 98 valence electrons. The van der Waals surface area contributed by atoms with Gasteiger partial charge < -0.3 is 10.6 Å². The second-order valence-corrected chi connectivity index (χ2v) is 5.05. The second kappa shape index (κ2) is 4.94. The van der Waals surface area contributed by atoms with Gasteiger partial charge in [0.25, 0.3) is 5.91 Å². The van der Waals surface area contributed by atoms with Crippen molar-refractivity contribution in [2.45, 2.75) is 25.9 Å². The molecule has 0 aliphatic carbocycles. The number of anilines is 1. The third-order valence-electron chi connectivity index (χ3n) is 3.65. The average Bonchev–Trinajstić information content (AvgIpc) is 2.35. The minimum absolute atomic E-state index is 0.0122. The largest absolute Gasteiger partial charge is 0.397 e. The zero-order valence-corrected chi connectivity index (χ0v) is 11.1. The van der Waals surface area contributed by atoms with Crippen LogP contribution in [0.2, 0.25) is 0 Å². The van der Waals surface area contributed by atoms with Crippen molar-refractivity contribution < 1.29 is 4.79 Å². The Morgan fingerprint density at radius 3 is 2.44 bits per heavy atom. The van der Waals surface area contributed by atoms with Crippen LogP contribution in [0.3, 0.4) is 0 Å². The molecule has 2 heterocycles. The minimum Gasteiger partial charge on any atom is -0.397 e. The third-order valence-corrected chi connectivity index (χ3v) is 3.65. The number of pyridine rings is 1. The number of likely N-dealkylation sites (N-methyl/N-ethyl adjacent to an activating group) is 1. The molecule has 2 rings (SSSR count). The summed E-state index contributed by atoms with van der Waals surface area (Å²) in [7, 11) is 2.10. The summed E-state index contributed by atoms with van der Waals surface area (Å²) < 4.78 is 0. The Morgan fingerprint density at radius 2 is 1.94 bits per heavy atom. The van der Waals surface area contributed by atoms with Crippen molar-refractivity contribution in [2.75, 3.05) is 25.9 Å². The van der Waals surface area contributed by atoms with Crippen LogP contribution in [0.15, 0.2) is 18.3 Å². The minimum atomic E-state index is -0.0122. The molecule has 1 fully saturated rings. The number of nitrogens with zero attached hydrogens (tertiary/aromatic N) is 3. The molecule has 1 saturated heterocycles. The molecule has 1 aliphatic rings. The quantitative estimate of drug-likeness (QED) is 0.799. The van der Waals surface area contributed by atoms with Crippen molar-refractivity contribution >= 4 is 11.6 Å². The van der Waals surface area contributed by atoms with Crippen LogP contribution in [0, 0.1) is 0 Å². The van der Waals surface area contributed by atoms with Crippen molar-refractivity contribution in [1.29, 1.82) is 0 Å². The molecule has 0 radical (unpaired) electrons. The Kier molecular flexibility index (Phi) is 3.52. The fourth-order valence-electron chi connectivity index (χ4n) is 2.26. The first-order valence-corrected chi connectivity index (χ1v) is 6.21. The summed E-state index contributed by atoms with van der Waals surface area (Å²) in [6.07, 6.45) is 1.52. The normalized spacial score (nSPS) is 25.2. The van der Waals surface area contributed by atoms with Gasteiger partial charge in [-0.3, -0.25) is 9.69 Å². The summed E-state index contributed by atoms with van der Waals surface area (Å²) in [5.74, 6) is -0.0122. The molecule has 18 heavy (non-hydrogen) atoms. The number of carbonyl (C=O) groups excluding carboxylic acids is 1. The van der Waals surface area contributed by atoms with Gasteiger partial charge in [-0.25, -0.2) is 4.98 Å². The lowest BCUT2D eigenvalue weighted by atomic mass is 10.1. The number of amides is 1. The predicted octanol–water partition coefficient (Wildman–Crippen LogP) is 0.828. The predicted molar refractivity (Wildman–Crippen MR) is 71.2 cm³/mol. The smallest absolute Gasteiger partial charge is 0.272 e. The van der Waals surface area contributed by atoms with Gasteiger partial charge >= 0.3 is 0 Å². The molecule has 0 saturated carbocycles. The van der Waals surface area contributed by atoms with Gasteiger partial charge in [-0.2, -0.15) is 0 Å². The SMILES string of the molecule is CC1CN(C(=O)c2ccc(N)cn2)CC(C)N1C. The Bertz CT molecular complexity index is 419. The molecule has 0 spiro atoms. The van der Waals surface area contributed by atoms with Gasteiger partial charge in [-0.05, 0) is 33.0 Å². The average molecular weight is 248 g/mol. The summed E-state index contributed by atoms with van der Waals surface area (Å²) in [4.78, 5) is 20.6. The topological polar surface area (TPSA) is 62.5 Å². The van der Waals surface area contributed by atoms with Gasteiger partial charge in [0.1, 0.15) is 5.69 Å². The van der Waals surface area contributed by atoms with E-state index in [0.29, 0.717) is 23.5 Å². The number of rotatable bonds is 1. The van der Waals surface area contributed by atoms with Gasteiger partial charge in [0.15, 0.2) is 0 Å². The molecular formula is C13H20N4O. The van der Waals surface area contributed by atoms with E-state index in [1.54, 1.807) is 12.1 Å². The molecule has 1 amide bonds. The number of carbonyl (C=O) groups is 1. The molecule has 2 N–H and O–H groups in total. The molecular weight excluding hydrogens is 228 g/mol. The van der Waals surface area contributed by atoms with Crippen LogP contribution in [-0.4, -0.2) is 52.9 Å². The first-order chi connectivity index (χ1) is 8.49. The number of aromatic nitrogens is 1. The van der Waals surface area contributed by atoms with Gasteiger partial charge in [-0.15, -0.1) is 0 Å². The molecule has 1 aromatic heterocycles. The van der Waals surface area contributed by atoms with Crippen molar-refractivity contribution in [2.24, 2.45) is 0 Å². The van der Waals surface area contributed by atoms with Gasteiger partial charge in [-0.1, -0.05) is 0 Å². The van der Waals surface area contributed by atoms with Gasteiger partial charge in [0, 0.05) is 25.2 Å². The van der Waals surface area contributed by atoms with Crippen LogP contribution in [0.25, 0.3) is 0 Å². The Hall–Kier alpha value is -1.62. The van der Waals surface area contributed by atoms with E-state index in [1.165, 1.54) is 6.20 Å². The molecule has 0 aromatic carbocycles. The maximum Gasteiger partial charge on any atom is 0.272 e. The zero-order valence-electron chi connectivity index (χ0n) is 11.1. The number of hydrogen-bond donors (Lipinski definition) is 1. The van der Waals surface area contributed by atoms with E-state index >= 15 is 0 Å². The van der Waals surface area contributed by atoms with E-state index in [1.807, 2.05) is 4.90 Å². The van der Waals surface area contributed by atoms with Crippen LogP contribution in [0.4, 0.5) is 5.69 Å². The first-order valence-electron chi connectivity index (χ1n) is 6.21. The van der Waals surface area contributed by atoms with Crippen molar-refractivity contribution in [3.05, 3.63) is 24.0 Å². The van der Waals surface area contributed by atoms with Crippen LogP contribution < -0.4 is 5.73 Å². The van der Waals surface area contributed by atoms with E-state index < -0.39 is 0 Å². The Labute approximate surface area is 108 Å². The number of nitrogens with two attached hydrogens (primary N) is 1. The standard InChI is InChI=1S/C13H20N4O/c1-9-7-17(8-10(2)16(9)3)13(18)12-5-4-11(14)6-15-12/h4-6,9-10H,7-8,14H2,1-3H3. The number of piperazine rings is 1. The van der Waals surface area contributed by atoms with Crippen LogP contribution in [-0.2, 0) is 0 Å². The summed E-state index contributed by atoms with van der Waals surface area (Å²) >= 11 is 0. The fraction of sp³-hybridized carbons (Fsp3) is 0.538. The highest BCUT2D eigenvalue weighted by Crippen LogP contribution is 2.15.